The summed E-state index contributed by atoms with van der Waals surface area (Å²) >= 11 is 0. The maximum Gasteiger partial charge on any atom is 0.214 e. The summed E-state index contributed by atoms with van der Waals surface area (Å²) in [4.78, 5) is 0.705. The molecule has 1 aliphatic heterocycles. The molecule has 5 heteroatoms. The molecule has 4 nitrogen and oxygen atoms in total. The molecule has 0 spiro atoms. The minimum absolute atomic E-state index is 0.498. The fourth-order valence-electron chi connectivity index (χ4n) is 1.72. The van der Waals surface area contributed by atoms with Gasteiger partial charge in [-0.3, -0.25) is 0 Å². The average Bonchev–Trinajstić information content (AvgIpc) is 2.40. The van der Waals surface area contributed by atoms with E-state index in [9.17, 15) is 4.21 Å². The van der Waals surface area contributed by atoms with Crippen molar-refractivity contribution in [3.05, 3.63) is 54.6 Å². The molecule has 18 heavy (non-hydrogen) atoms. The predicted molar refractivity (Wildman–Crippen MR) is 74.0 cm³/mol. The monoisotopic (exact) mass is 257 g/mol. The number of fused-ring (bicyclic) bond motifs is 1. The summed E-state index contributed by atoms with van der Waals surface area (Å²) in [5, 5.41) is 6.22. The SMILES string of the molecule is O=S1N=C(Nc2ccccc2)Nc2ccccc21. The van der Waals surface area contributed by atoms with Crippen molar-refractivity contribution in [3.8, 4) is 0 Å². The van der Waals surface area contributed by atoms with E-state index in [4.69, 9.17) is 0 Å². The fourth-order valence-corrected chi connectivity index (χ4v) is 2.57. The molecule has 0 saturated heterocycles. The highest BCUT2D eigenvalue weighted by Crippen LogP contribution is 2.23. The van der Waals surface area contributed by atoms with E-state index in [1.807, 2.05) is 48.5 Å². The van der Waals surface area contributed by atoms with Gasteiger partial charge in [0, 0.05) is 5.69 Å². The van der Waals surface area contributed by atoms with Gasteiger partial charge in [0.2, 0.25) is 5.96 Å². The summed E-state index contributed by atoms with van der Waals surface area (Å²) in [6, 6.07) is 17.1. The van der Waals surface area contributed by atoms with E-state index in [-0.39, 0.29) is 0 Å². The van der Waals surface area contributed by atoms with Crippen molar-refractivity contribution < 1.29 is 4.21 Å². The Balaban J connectivity index is 1.87. The Labute approximate surface area is 107 Å². The van der Waals surface area contributed by atoms with Gasteiger partial charge in [-0.05, 0) is 24.3 Å². The molecule has 0 bridgehead atoms. The van der Waals surface area contributed by atoms with Gasteiger partial charge in [-0.25, -0.2) is 4.21 Å². The highest BCUT2D eigenvalue weighted by atomic mass is 32.2. The van der Waals surface area contributed by atoms with Crippen molar-refractivity contribution >= 4 is 28.3 Å². The summed E-state index contributed by atoms with van der Waals surface area (Å²) in [5.74, 6) is 0.498. The second-order valence-corrected chi connectivity index (χ2v) is 4.92. The van der Waals surface area contributed by atoms with E-state index in [2.05, 4.69) is 15.0 Å². The van der Waals surface area contributed by atoms with Gasteiger partial charge < -0.3 is 10.6 Å². The van der Waals surface area contributed by atoms with Crippen LogP contribution in [0.1, 0.15) is 0 Å². The number of rotatable bonds is 1. The lowest BCUT2D eigenvalue weighted by Gasteiger charge is -2.18. The number of benzene rings is 2. The van der Waals surface area contributed by atoms with Crippen LogP contribution in [0.2, 0.25) is 0 Å². The van der Waals surface area contributed by atoms with Gasteiger partial charge in [0.1, 0.15) is 0 Å². The Morgan fingerprint density at radius 2 is 1.72 bits per heavy atom. The molecule has 0 saturated carbocycles. The largest absolute Gasteiger partial charge is 0.325 e. The van der Waals surface area contributed by atoms with E-state index in [0.717, 1.165) is 11.4 Å². The number of nitrogens with zero attached hydrogens (tertiary/aromatic N) is 1. The molecule has 0 fully saturated rings. The van der Waals surface area contributed by atoms with E-state index in [1.54, 1.807) is 6.07 Å². The van der Waals surface area contributed by atoms with Crippen LogP contribution in [0.15, 0.2) is 63.9 Å². The van der Waals surface area contributed by atoms with Crippen LogP contribution < -0.4 is 10.6 Å². The Hall–Kier alpha value is -2.14. The summed E-state index contributed by atoms with van der Waals surface area (Å²) in [6.07, 6.45) is 0. The average molecular weight is 257 g/mol. The first-order valence-corrected chi connectivity index (χ1v) is 6.62. The molecule has 2 aromatic carbocycles. The Bertz CT molecular complexity index is 625. The quantitative estimate of drug-likeness (QED) is 0.825. The Morgan fingerprint density at radius 1 is 1.00 bits per heavy atom. The number of hydrogen-bond acceptors (Lipinski definition) is 3. The third-order valence-corrected chi connectivity index (χ3v) is 3.62. The van der Waals surface area contributed by atoms with Gasteiger partial charge in [-0.2, -0.15) is 0 Å². The highest BCUT2D eigenvalue weighted by Gasteiger charge is 2.16. The number of guanidine groups is 1. The summed E-state index contributed by atoms with van der Waals surface area (Å²) in [7, 11) is -1.36. The van der Waals surface area contributed by atoms with Crippen molar-refractivity contribution in [2.75, 3.05) is 10.6 Å². The molecule has 1 unspecified atom stereocenters. The van der Waals surface area contributed by atoms with Crippen LogP contribution in [-0.2, 0) is 11.0 Å². The third-order valence-electron chi connectivity index (χ3n) is 2.54. The van der Waals surface area contributed by atoms with E-state index >= 15 is 0 Å². The van der Waals surface area contributed by atoms with Crippen LogP contribution in [-0.4, -0.2) is 10.2 Å². The van der Waals surface area contributed by atoms with Crippen molar-refractivity contribution in [1.29, 1.82) is 0 Å². The smallest absolute Gasteiger partial charge is 0.214 e. The topological polar surface area (TPSA) is 53.5 Å². The second-order valence-electron chi connectivity index (χ2n) is 3.80. The fraction of sp³-hybridized carbons (Fsp3) is 0. The molecule has 1 atom stereocenters. The van der Waals surface area contributed by atoms with Gasteiger partial charge in [-0.15, -0.1) is 4.40 Å². The Morgan fingerprint density at radius 3 is 2.56 bits per heavy atom. The van der Waals surface area contributed by atoms with Crippen molar-refractivity contribution in [3.63, 3.8) is 0 Å². The molecule has 2 aromatic rings. The normalized spacial score (nSPS) is 17.3. The number of para-hydroxylation sites is 2. The molecule has 0 radical (unpaired) electrons. The van der Waals surface area contributed by atoms with Crippen LogP contribution in [0.4, 0.5) is 11.4 Å². The van der Waals surface area contributed by atoms with Gasteiger partial charge in [0.25, 0.3) is 0 Å². The molecular formula is C13H11N3OS. The van der Waals surface area contributed by atoms with Gasteiger partial charge in [0.15, 0.2) is 11.0 Å². The molecular weight excluding hydrogens is 246 g/mol. The first kappa shape index (κ1) is 11.0. The first-order chi connectivity index (χ1) is 8.83. The minimum Gasteiger partial charge on any atom is -0.325 e. The first-order valence-electron chi connectivity index (χ1n) is 5.52. The second kappa shape index (κ2) is 4.62. The molecule has 1 aliphatic rings. The highest BCUT2D eigenvalue weighted by molar-refractivity contribution is 7.84. The number of anilines is 2. The Kier molecular flexibility index (Phi) is 2.82. The van der Waals surface area contributed by atoms with Gasteiger partial charge in [0.05, 0.1) is 10.6 Å². The molecule has 1 heterocycles. The van der Waals surface area contributed by atoms with Crippen LogP contribution in [0.3, 0.4) is 0 Å². The minimum atomic E-state index is -1.36. The summed E-state index contributed by atoms with van der Waals surface area (Å²) in [5.41, 5.74) is 1.73. The summed E-state index contributed by atoms with van der Waals surface area (Å²) < 4.78 is 16.0. The van der Waals surface area contributed by atoms with Crippen molar-refractivity contribution in [1.82, 2.24) is 0 Å². The van der Waals surface area contributed by atoms with Crippen LogP contribution in [0.5, 0.6) is 0 Å². The summed E-state index contributed by atoms with van der Waals surface area (Å²) in [6.45, 7) is 0. The van der Waals surface area contributed by atoms with Crippen LogP contribution >= 0.6 is 0 Å². The van der Waals surface area contributed by atoms with Crippen molar-refractivity contribution in [2.24, 2.45) is 4.40 Å². The van der Waals surface area contributed by atoms with Crippen LogP contribution in [0, 0.1) is 0 Å². The molecule has 0 aromatic heterocycles. The lowest BCUT2D eigenvalue weighted by atomic mass is 10.3. The zero-order valence-electron chi connectivity index (χ0n) is 9.46. The predicted octanol–water partition coefficient (Wildman–Crippen LogP) is 2.60. The maximum atomic E-state index is 11.9. The maximum absolute atomic E-state index is 11.9. The number of hydrogen-bond donors (Lipinski definition) is 2. The standard InChI is InChI=1S/C13H11N3OS/c17-18-12-9-5-4-8-11(12)15-13(16-18)14-10-6-2-1-3-7-10/h1-9H,(H2,14,15,16). The zero-order valence-corrected chi connectivity index (χ0v) is 10.3. The molecule has 3 rings (SSSR count). The lowest BCUT2D eigenvalue weighted by molar-refractivity contribution is 0.684. The molecule has 90 valence electrons. The van der Waals surface area contributed by atoms with E-state index in [0.29, 0.717) is 10.9 Å². The molecule has 0 amide bonds. The van der Waals surface area contributed by atoms with Gasteiger partial charge in [-0.1, -0.05) is 30.3 Å². The molecule has 2 N–H and O–H groups in total. The van der Waals surface area contributed by atoms with Crippen molar-refractivity contribution in [2.45, 2.75) is 4.90 Å². The van der Waals surface area contributed by atoms with Gasteiger partial charge >= 0.3 is 0 Å². The zero-order chi connectivity index (χ0) is 12.4. The third kappa shape index (κ3) is 2.12. The van der Waals surface area contributed by atoms with E-state index in [1.165, 1.54) is 0 Å². The van der Waals surface area contributed by atoms with E-state index < -0.39 is 11.0 Å². The number of nitrogens with one attached hydrogen (secondary N) is 2. The van der Waals surface area contributed by atoms with Crippen LogP contribution in [0.25, 0.3) is 0 Å². The molecule has 0 aliphatic carbocycles. The lowest BCUT2D eigenvalue weighted by Crippen LogP contribution is -2.26.